The third-order valence-corrected chi connectivity index (χ3v) is 17.0. The lowest BCUT2D eigenvalue weighted by molar-refractivity contribution is -0.0364. The average Bonchev–Trinajstić information content (AvgIpc) is 3.15. The first-order valence-electron chi connectivity index (χ1n) is 12.8. The van der Waals surface area contributed by atoms with Crippen molar-refractivity contribution in [2.24, 2.45) is 5.92 Å². The molecule has 7 atom stereocenters. The Morgan fingerprint density at radius 1 is 1.41 bits per heavy atom. The quantitative estimate of drug-likeness (QED) is 0.229. The Balaban J connectivity index is 1.70. The molecule has 1 aliphatic heterocycles. The van der Waals surface area contributed by atoms with E-state index in [1.165, 1.54) is 16.8 Å². The van der Waals surface area contributed by atoms with Crippen molar-refractivity contribution >= 4 is 37.6 Å². The summed E-state index contributed by atoms with van der Waals surface area (Å²) in [6, 6.07) is 1.31. The molecule has 37 heavy (non-hydrogen) atoms. The minimum atomic E-state index is -2.14. The summed E-state index contributed by atoms with van der Waals surface area (Å²) >= 11 is 7.26. The fourth-order valence-corrected chi connectivity index (χ4v) is 10.7. The number of aliphatic hydroxyl groups is 1. The van der Waals surface area contributed by atoms with Crippen molar-refractivity contribution in [1.82, 2.24) is 9.55 Å². The second-order valence-electron chi connectivity index (χ2n) is 12.1. The second-order valence-corrected chi connectivity index (χ2v) is 21.9. The van der Waals surface area contributed by atoms with Crippen LogP contribution in [0.5, 0.6) is 0 Å². The van der Waals surface area contributed by atoms with Crippen LogP contribution in [-0.2, 0) is 25.5 Å². The van der Waals surface area contributed by atoms with E-state index in [2.05, 4.69) is 52.4 Å². The molecule has 0 spiro atoms. The highest BCUT2D eigenvalue weighted by atomic mass is 32.9. The molecule has 12 heteroatoms. The lowest BCUT2D eigenvalue weighted by Gasteiger charge is -2.39. The fourth-order valence-electron chi connectivity index (χ4n) is 4.50. The number of aromatic nitrogens is 2. The zero-order valence-corrected chi connectivity index (χ0v) is 26.5. The van der Waals surface area contributed by atoms with Crippen molar-refractivity contribution < 1.29 is 18.8 Å². The molecule has 2 N–H and O–H groups in total. The van der Waals surface area contributed by atoms with Gasteiger partial charge in [-0.2, -0.15) is 4.52 Å². The molecule has 1 aromatic rings. The van der Waals surface area contributed by atoms with E-state index in [0.29, 0.717) is 18.8 Å². The zero-order chi connectivity index (χ0) is 27.8. The normalized spacial score (nSPS) is 31.4. The number of hydrogen-bond acceptors (Lipinski definition) is 8. The largest absolute Gasteiger partial charge is 0.415 e. The Hall–Kier alpha value is -0.653. The number of allylic oxidation sites excluding steroid dienone is 1. The molecule has 1 saturated heterocycles. The molecule has 2 aliphatic rings. The summed E-state index contributed by atoms with van der Waals surface area (Å²) in [6.45, 7) is 19.3. The van der Waals surface area contributed by atoms with Crippen LogP contribution in [0, 0.1) is 5.92 Å². The van der Waals surface area contributed by atoms with Crippen LogP contribution in [0.1, 0.15) is 66.5 Å². The van der Waals surface area contributed by atoms with Gasteiger partial charge < -0.3 is 14.3 Å². The van der Waals surface area contributed by atoms with Crippen LogP contribution in [0.3, 0.4) is 0 Å². The molecular weight excluding hydrogens is 547 g/mol. The van der Waals surface area contributed by atoms with E-state index in [0.717, 1.165) is 18.4 Å². The van der Waals surface area contributed by atoms with Crippen LogP contribution in [0.25, 0.3) is 0 Å². The predicted molar refractivity (Wildman–Crippen MR) is 156 cm³/mol. The van der Waals surface area contributed by atoms with Gasteiger partial charge in [0.2, 0.25) is 11.8 Å². The van der Waals surface area contributed by atoms with Crippen molar-refractivity contribution in [3.05, 3.63) is 45.3 Å². The van der Waals surface area contributed by atoms with Gasteiger partial charge in [-0.05, 0) is 57.2 Å². The molecule has 1 saturated carbocycles. The number of nitrogens with one attached hydrogen (secondary N) is 1. The summed E-state index contributed by atoms with van der Waals surface area (Å²) in [4.78, 5) is 26.3. The monoisotopic (exact) mass is 589 g/mol. The summed E-state index contributed by atoms with van der Waals surface area (Å²) in [7, 11) is -2.14. The van der Waals surface area contributed by atoms with E-state index in [1.54, 1.807) is 11.4 Å². The number of rotatable bonds is 9. The summed E-state index contributed by atoms with van der Waals surface area (Å²) in [5, 5.41) is 10.9. The number of nitrogens with zero attached hydrogens (tertiary/aromatic N) is 1. The lowest BCUT2D eigenvalue weighted by Crippen LogP contribution is -2.46. The van der Waals surface area contributed by atoms with Gasteiger partial charge in [0.05, 0.1) is 17.0 Å². The maximum atomic E-state index is 12.4. The lowest BCUT2D eigenvalue weighted by atomic mass is 9.77. The molecule has 0 aromatic carbocycles. The summed E-state index contributed by atoms with van der Waals surface area (Å²) in [6.07, 6.45) is 1.41. The SMILES string of the molecule is C=C(C)[C@@H]1CC[C@](C)(S[P+](=S)OC[C@H]2O[C@@H](n3ccc(=O)[nH]c3=O)CC2O[Si](C)(C)C(C)(C)C)[C@@H](O)C1. The Morgan fingerprint density at radius 3 is 2.65 bits per heavy atom. The predicted octanol–water partition coefficient (Wildman–Crippen LogP) is 5.23. The van der Waals surface area contributed by atoms with Crippen molar-refractivity contribution in [2.75, 3.05) is 6.61 Å². The number of hydrogen-bond donors (Lipinski definition) is 2. The molecule has 0 radical (unpaired) electrons. The Bertz CT molecular complexity index is 1120. The summed E-state index contributed by atoms with van der Waals surface area (Å²) in [5.41, 5.74) is 0.152. The van der Waals surface area contributed by atoms with Gasteiger partial charge in [-0.25, -0.2) is 4.79 Å². The van der Waals surface area contributed by atoms with Gasteiger partial charge in [0.15, 0.2) is 8.32 Å². The first-order valence-corrected chi connectivity index (χ1v) is 19.4. The first-order chi connectivity index (χ1) is 17.0. The maximum absolute atomic E-state index is 12.4. The van der Waals surface area contributed by atoms with E-state index in [-0.39, 0.29) is 22.5 Å². The van der Waals surface area contributed by atoms with Crippen LogP contribution < -0.4 is 11.2 Å². The molecule has 0 amide bonds. The fraction of sp³-hybridized carbons (Fsp3) is 0.760. The topological polar surface area (TPSA) is 103 Å². The number of H-pyrrole nitrogens is 1. The molecular formula is C25H42N2O6PS2Si+. The van der Waals surface area contributed by atoms with Gasteiger partial charge in [0, 0.05) is 18.7 Å². The Labute approximate surface area is 230 Å². The van der Waals surface area contributed by atoms with Crippen LogP contribution in [0.2, 0.25) is 18.1 Å². The van der Waals surface area contributed by atoms with E-state index < -0.39 is 44.1 Å². The van der Waals surface area contributed by atoms with Crippen molar-refractivity contribution in [2.45, 2.75) is 108 Å². The van der Waals surface area contributed by atoms with Crippen LogP contribution in [0.4, 0.5) is 0 Å². The third-order valence-electron chi connectivity index (χ3n) is 8.12. The van der Waals surface area contributed by atoms with Gasteiger partial charge in [-0.15, -0.1) is 0 Å². The summed E-state index contributed by atoms with van der Waals surface area (Å²) < 4.78 is 20.2. The van der Waals surface area contributed by atoms with Crippen LogP contribution in [0.15, 0.2) is 34.0 Å². The molecule has 208 valence electrons. The molecule has 2 unspecified atom stereocenters. The molecule has 1 aromatic heterocycles. The molecule has 0 bridgehead atoms. The molecule has 2 heterocycles. The highest BCUT2D eigenvalue weighted by Crippen LogP contribution is 2.55. The van der Waals surface area contributed by atoms with Crippen LogP contribution in [-0.4, -0.2) is 52.6 Å². The van der Waals surface area contributed by atoms with Gasteiger partial charge in [-0.1, -0.05) is 32.9 Å². The van der Waals surface area contributed by atoms with Crippen molar-refractivity contribution in [1.29, 1.82) is 0 Å². The average molecular weight is 590 g/mol. The molecule has 1 aliphatic carbocycles. The summed E-state index contributed by atoms with van der Waals surface area (Å²) in [5.74, 6) is 0.342. The van der Waals surface area contributed by atoms with E-state index in [1.807, 2.05) is 6.92 Å². The first kappa shape index (κ1) is 30.9. The van der Waals surface area contributed by atoms with Gasteiger partial charge in [0.25, 0.3) is 5.56 Å². The standard InChI is InChI=1S/C25H41N2O6PS2Si/c1-16(2)17-9-11-25(6,20(28)13-17)36-34(35)31-15-19-18(33-37(7,8)24(3,4)5)14-22(32-19)27-12-10-21(29)26-23(27)30/h10,12,17-20,22,28H,1,9,11,13-15H2,2-8H3/p+1/t17-,18?,19-,20+,22-,25+/m1/s1. The van der Waals surface area contributed by atoms with Gasteiger partial charge in [0.1, 0.15) is 30.3 Å². The smallest absolute Gasteiger partial charge is 0.411 e. The minimum absolute atomic E-state index is 0.000828. The van der Waals surface area contributed by atoms with E-state index in [4.69, 9.17) is 25.5 Å². The van der Waals surface area contributed by atoms with Gasteiger partial charge in [-0.3, -0.25) is 14.3 Å². The van der Waals surface area contributed by atoms with E-state index >= 15 is 0 Å². The van der Waals surface area contributed by atoms with Crippen LogP contribution >= 0.6 is 17.5 Å². The van der Waals surface area contributed by atoms with Crippen molar-refractivity contribution in [3.8, 4) is 0 Å². The molecule has 2 fully saturated rings. The highest BCUT2D eigenvalue weighted by Gasteiger charge is 2.48. The van der Waals surface area contributed by atoms with Crippen molar-refractivity contribution in [3.63, 3.8) is 0 Å². The Morgan fingerprint density at radius 2 is 2.08 bits per heavy atom. The Kier molecular flexibility index (Phi) is 9.88. The van der Waals surface area contributed by atoms with Gasteiger partial charge >= 0.3 is 11.8 Å². The third kappa shape index (κ3) is 7.51. The number of aromatic amines is 1. The maximum Gasteiger partial charge on any atom is 0.415 e. The minimum Gasteiger partial charge on any atom is -0.411 e. The molecule has 8 nitrogen and oxygen atoms in total. The van der Waals surface area contributed by atoms with E-state index in [9.17, 15) is 14.7 Å². The second kappa shape index (κ2) is 11.8. The number of aliphatic hydroxyl groups excluding tert-OH is 1. The number of ether oxygens (including phenoxy) is 1. The zero-order valence-electron chi connectivity index (χ0n) is 23.0. The molecule has 3 rings (SSSR count). The highest BCUT2D eigenvalue weighted by molar-refractivity contribution is 8.63.